The molecule has 1 atom stereocenters. The molecule has 7 heteroatoms. The minimum absolute atomic E-state index is 0.420. The highest BCUT2D eigenvalue weighted by Crippen LogP contribution is 2.27. The summed E-state index contributed by atoms with van der Waals surface area (Å²) >= 11 is 0. The first kappa shape index (κ1) is 15.4. The SMILES string of the molecule is Cc1cnc(N(C)Cc2ccc3c(c2)C[C@H](N)C(=O)N3O)nc1. The summed E-state index contributed by atoms with van der Waals surface area (Å²) < 4.78 is 0. The monoisotopic (exact) mass is 313 g/mol. The van der Waals surface area contributed by atoms with E-state index >= 15 is 0 Å². The van der Waals surface area contributed by atoms with Crippen LogP contribution < -0.4 is 15.7 Å². The minimum Gasteiger partial charge on any atom is -0.340 e. The van der Waals surface area contributed by atoms with Crippen molar-refractivity contribution in [3.05, 3.63) is 47.3 Å². The maximum atomic E-state index is 11.7. The summed E-state index contributed by atoms with van der Waals surface area (Å²) in [4.78, 5) is 22.2. The third kappa shape index (κ3) is 3.01. The molecule has 0 spiro atoms. The predicted molar refractivity (Wildman–Crippen MR) is 86.3 cm³/mol. The van der Waals surface area contributed by atoms with Gasteiger partial charge in [-0.1, -0.05) is 12.1 Å². The van der Waals surface area contributed by atoms with Gasteiger partial charge in [0.2, 0.25) is 5.95 Å². The third-order valence-corrected chi connectivity index (χ3v) is 3.87. The van der Waals surface area contributed by atoms with Crippen LogP contribution in [0.4, 0.5) is 11.6 Å². The van der Waals surface area contributed by atoms with Crippen molar-refractivity contribution < 1.29 is 10.0 Å². The van der Waals surface area contributed by atoms with Gasteiger partial charge in [-0.15, -0.1) is 0 Å². The maximum Gasteiger partial charge on any atom is 0.267 e. The van der Waals surface area contributed by atoms with E-state index in [2.05, 4.69) is 9.97 Å². The summed E-state index contributed by atoms with van der Waals surface area (Å²) in [5, 5.41) is 10.5. The highest BCUT2D eigenvalue weighted by Gasteiger charge is 2.29. The van der Waals surface area contributed by atoms with E-state index in [-0.39, 0.29) is 0 Å². The molecule has 0 radical (unpaired) electrons. The summed E-state index contributed by atoms with van der Waals surface area (Å²) in [6.45, 7) is 2.56. The van der Waals surface area contributed by atoms with Crippen molar-refractivity contribution in [2.75, 3.05) is 17.0 Å². The van der Waals surface area contributed by atoms with Gasteiger partial charge < -0.3 is 10.6 Å². The van der Waals surface area contributed by atoms with Gasteiger partial charge in [-0.2, -0.15) is 5.06 Å². The minimum atomic E-state index is -0.707. The number of amides is 1. The Hall–Kier alpha value is -2.51. The smallest absolute Gasteiger partial charge is 0.267 e. The molecule has 1 amide bonds. The molecule has 0 saturated carbocycles. The molecular formula is C16H19N5O2. The number of nitrogens with zero attached hydrogens (tertiary/aromatic N) is 4. The summed E-state index contributed by atoms with van der Waals surface area (Å²) in [5.74, 6) is 0.166. The van der Waals surface area contributed by atoms with Gasteiger partial charge in [0.15, 0.2) is 0 Å². The van der Waals surface area contributed by atoms with Crippen LogP contribution in [0.5, 0.6) is 0 Å². The largest absolute Gasteiger partial charge is 0.340 e. The van der Waals surface area contributed by atoms with Gasteiger partial charge >= 0.3 is 0 Å². The Kier molecular flexibility index (Phi) is 3.97. The Morgan fingerprint density at radius 1 is 1.39 bits per heavy atom. The fourth-order valence-electron chi connectivity index (χ4n) is 2.63. The second kappa shape index (κ2) is 5.94. The van der Waals surface area contributed by atoms with Gasteiger partial charge in [0.25, 0.3) is 5.91 Å². The number of benzene rings is 1. The van der Waals surface area contributed by atoms with E-state index in [1.807, 2.05) is 31.0 Å². The van der Waals surface area contributed by atoms with Crippen molar-refractivity contribution in [1.29, 1.82) is 0 Å². The number of rotatable bonds is 3. The zero-order valence-electron chi connectivity index (χ0n) is 13.1. The Balaban J connectivity index is 1.81. The number of hydroxylamine groups is 1. The maximum absolute atomic E-state index is 11.7. The van der Waals surface area contributed by atoms with E-state index < -0.39 is 11.9 Å². The lowest BCUT2D eigenvalue weighted by Crippen LogP contribution is -2.47. The number of fused-ring (bicyclic) bond motifs is 1. The van der Waals surface area contributed by atoms with Crippen LogP contribution in [0.1, 0.15) is 16.7 Å². The number of nitrogens with two attached hydrogens (primary N) is 1. The lowest BCUT2D eigenvalue weighted by atomic mass is 9.97. The first-order valence-corrected chi connectivity index (χ1v) is 7.35. The van der Waals surface area contributed by atoms with E-state index in [9.17, 15) is 10.0 Å². The molecule has 7 nitrogen and oxygen atoms in total. The molecule has 0 bridgehead atoms. The summed E-state index contributed by atoms with van der Waals surface area (Å²) in [5.41, 5.74) is 9.15. The van der Waals surface area contributed by atoms with E-state index in [0.29, 0.717) is 29.7 Å². The summed E-state index contributed by atoms with van der Waals surface area (Å²) in [6, 6.07) is 4.85. The second-order valence-electron chi connectivity index (χ2n) is 5.84. The van der Waals surface area contributed by atoms with Crippen LogP contribution in [0.15, 0.2) is 30.6 Å². The van der Waals surface area contributed by atoms with E-state index in [4.69, 9.17) is 5.73 Å². The molecule has 2 heterocycles. The van der Waals surface area contributed by atoms with Crippen molar-refractivity contribution in [1.82, 2.24) is 9.97 Å². The third-order valence-electron chi connectivity index (χ3n) is 3.87. The molecular weight excluding hydrogens is 294 g/mol. The fourth-order valence-corrected chi connectivity index (χ4v) is 2.63. The number of hydrogen-bond donors (Lipinski definition) is 2. The van der Waals surface area contributed by atoms with E-state index in [1.165, 1.54) is 0 Å². The molecule has 1 aliphatic heterocycles. The molecule has 3 N–H and O–H groups in total. The number of carbonyl (C=O) groups is 1. The number of anilines is 2. The molecule has 1 aromatic carbocycles. The summed E-state index contributed by atoms with van der Waals surface area (Å²) in [7, 11) is 1.91. The lowest BCUT2D eigenvalue weighted by Gasteiger charge is -2.28. The predicted octanol–water partition coefficient (Wildman–Crippen LogP) is 1.03. The van der Waals surface area contributed by atoms with Gasteiger partial charge in [-0.3, -0.25) is 10.0 Å². The van der Waals surface area contributed by atoms with Crippen molar-refractivity contribution in [3.63, 3.8) is 0 Å². The first-order chi connectivity index (χ1) is 11.0. The zero-order valence-corrected chi connectivity index (χ0v) is 13.1. The highest BCUT2D eigenvalue weighted by atomic mass is 16.5. The van der Waals surface area contributed by atoms with Crippen LogP contribution in [-0.2, 0) is 17.8 Å². The van der Waals surface area contributed by atoms with Crippen LogP contribution in [0, 0.1) is 6.92 Å². The standard InChI is InChI=1S/C16H19N5O2/c1-10-7-18-16(19-8-10)20(2)9-11-3-4-14-12(5-11)6-13(17)15(22)21(14)23/h3-5,7-8,13,23H,6,9,17H2,1-2H3/t13-/m0/s1. The highest BCUT2D eigenvalue weighted by molar-refractivity contribution is 5.98. The van der Waals surface area contributed by atoms with Gasteiger partial charge in [0.1, 0.15) is 0 Å². The van der Waals surface area contributed by atoms with Gasteiger partial charge in [0, 0.05) is 26.0 Å². The zero-order chi connectivity index (χ0) is 16.6. The fraction of sp³-hybridized carbons (Fsp3) is 0.312. The van der Waals surface area contributed by atoms with E-state index in [0.717, 1.165) is 16.7 Å². The Labute approximate surface area is 134 Å². The average Bonchev–Trinajstić information content (AvgIpc) is 2.53. The van der Waals surface area contributed by atoms with Gasteiger partial charge in [0.05, 0.1) is 11.7 Å². The van der Waals surface area contributed by atoms with Gasteiger partial charge in [-0.25, -0.2) is 9.97 Å². The van der Waals surface area contributed by atoms with Crippen molar-refractivity contribution in [2.24, 2.45) is 5.73 Å². The van der Waals surface area contributed by atoms with Crippen molar-refractivity contribution in [2.45, 2.75) is 25.9 Å². The van der Waals surface area contributed by atoms with Crippen LogP contribution >= 0.6 is 0 Å². The molecule has 120 valence electrons. The number of aromatic nitrogens is 2. The van der Waals surface area contributed by atoms with Crippen LogP contribution in [-0.4, -0.2) is 34.2 Å². The van der Waals surface area contributed by atoms with Gasteiger partial charge in [-0.05, 0) is 36.1 Å². The molecule has 1 aromatic heterocycles. The van der Waals surface area contributed by atoms with Crippen molar-refractivity contribution in [3.8, 4) is 0 Å². The second-order valence-corrected chi connectivity index (χ2v) is 5.84. The lowest BCUT2D eigenvalue weighted by molar-refractivity contribution is -0.125. The number of carbonyl (C=O) groups excluding carboxylic acids is 1. The molecule has 23 heavy (non-hydrogen) atoms. The molecule has 0 fully saturated rings. The van der Waals surface area contributed by atoms with Crippen LogP contribution in [0.25, 0.3) is 0 Å². The molecule has 1 aliphatic rings. The molecule has 0 aliphatic carbocycles. The molecule has 3 rings (SSSR count). The van der Waals surface area contributed by atoms with Crippen molar-refractivity contribution >= 4 is 17.5 Å². The van der Waals surface area contributed by atoms with E-state index in [1.54, 1.807) is 18.5 Å². The van der Waals surface area contributed by atoms with Crippen LogP contribution in [0.2, 0.25) is 0 Å². The first-order valence-electron chi connectivity index (χ1n) is 7.35. The Morgan fingerprint density at radius 2 is 2.09 bits per heavy atom. The van der Waals surface area contributed by atoms with Crippen LogP contribution in [0.3, 0.4) is 0 Å². The quantitative estimate of drug-likeness (QED) is 0.822. The molecule has 0 saturated heterocycles. The molecule has 2 aromatic rings. The molecule has 0 unspecified atom stereocenters. The Morgan fingerprint density at radius 3 is 2.78 bits per heavy atom. The topological polar surface area (TPSA) is 95.6 Å². The summed E-state index contributed by atoms with van der Waals surface area (Å²) in [6.07, 6.45) is 3.98. The Bertz CT molecular complexity index is 732. The number of aryl methyl sites for hydroxylation is 1. The normalized spacial score (nSPS) is 17.1. The average molecular weight is 313 g/mol. The number of hydrogen-bond acceptors (Lipinski definition) is 6.